The predicted molar refractivity (Wildman–Crippen MR) is 172 cm³/mol. The maximum absolute atomic E-state index is 14.1. The van der Waals surface area contributed by atoms with Crippen LogP contribution in [0.15, 0.2) is 72.8 Å². The van der Waals surface area contributed by atoms with Crippen LogP contribution in [0.1, 0.15) is 50.8 Å². The van der Waals surface area contributed by atoms with Crippen molar-refractivity contribution in [3.05, 3.63) is 99.5 Å². The molecule has 2 amide bonds. The van der Waals surface area contributed by atoms with E-state index < -0.39 is 28.5 Å². The average molecular weight is 633 g/mol. The van der Waals surface area contributed by atoms with Crippen molar-refractivity contribution < 1.29 is 18.0 Å². The van der Waals surface area contributed by atoms with Gasteiger partial charge < -0.3 is 10.2 Å². The van der Waals surface area contributed by atoms with Crippen LogP contribution in [0.4, 0.5) is 5.69 Å². The van der Waals surface area contributed by atoms with E-state index >= 15 is 0 Å². The largest absolute Gasteiger partial charge is 0.354 e. The number of carbonyl (C=O) groups excluding carboxylic acids is 2. The third-order valence-corrected chi connectivity index (χ3v) is 8.74. The van der Waals surface area contributed by atoms with Crippen molar-refractivity contribution in [1.29, 1.82) is 0 Å². The first-order valence-corrected chi connectivity index (χ1v) is 16.4. The molecule has 0 saturated heterocycles. The second kappa shape index (κ2) is 14.4. The van der Waals surface area contributed by atoms with Crippen molar-refractivity contribution >= 4 is 50.7 Å². The molecule has 0 radical (unpaired) electrons. The van der Waals surface area contributed by atoms with Crippen LogP contribution in [0.2, 0.25) is 10.0 Å². The zero-order valence-corrected chi connectivity index (χ0v) is 27.1. The summed E-state index contributed by atoms with van der Waals surface area (Å²) in [6.07, 6.45) is 2.02. The van der Waals surface area contributed by atoms with Crippen LogP contribution in [0, 0.1) is 0 Å². The van der Waals surface area contributed by atoms with Gasteiger partial charge in [-0.25, -0.2) is 8.42 Å². The van der Waals surface area contributed by atoms with E-state index in [1.54, 1.807) is 30.3 Å². The topological polar surface area (TPSA) is 86.8 Å². The minimum absolute atomic E-state index is 0.0212. The van der Waals surface area contributed by atoms with E-state index in [4.69, 9.17) is 23.2 Å². The number of nitrogens with zero attached hydrogens (tertiary/aromatic N) is 2. The second-order valence-corrected chi connectivity index (χ2v) is 14.1. The Morgan fingerprint density at radius 1 is 0.905 bits per heavy atom. The van der Waals surface area contributed by atoms with Crippen LogP contribution in [-0.4, -0.2) is 50.5 Å². The molecule has 226 valence electrons. The maximum Gasteiger partial charge on any atom is 0.244 e. The SMILES string of the molecule is CCCNC(=O)[C@H](Cc1ccccc1)N(Cc1ccc(Cl)c(Cl)c1)C(=O)CN(c1ccc(C(C)(C)C)cc1)S(C)(=O)=O. The lowest BCUT2D eigenvalue weighted by Crippen LogP contribution is -2.53. The van der Waals surface area contributed by atoms with Crippen LogP contribution in [0.3, 0.4) is 0 Å². The fourth-order valence-corrected chi connectivity index (χ4v) is 5.67. The van der Waals surface area contributed by atoms with Gasteiger partial charge >= 0.3 is 0 Å². The third kappa shape index (κ3) is 9.21. The van der Waals surface area contributed by atoms with Crippen molar-refractivity contribution in [2.24, 2.45) is 0 Å². The standard InChI is InChI=1S/C32H39Cl2N3O4S/c1-6-18-35-31(39)29(20-23-10-8-7-9-11-23)36(21-24-12-17-27(33)28(34)19-24)30(38)22-37(42(5,40)41)26-15-13-25(14-16-26)32(2,3)4/h7-17,19,29H,6,18,20-22H2,1-5H3,(H,35,39)/t29-/m0/s1. The molecule has 3 rings (SSSR count). The highest BCUT2D eigenvalue weighted by Gasteiger charge is 2.33. The van der Waals surface area contributed by atoms with Gasteiger partial charge in [-0.15, -0.1) is 0 Å². The molecule has 3 aromatic carbocycles. The zero-order valence-electron chi connectivity index (χ0n) is 24.7. The molecule has 0 aliphatic heterocycles. The van der Waals surface area contributed by atoms with E-state index in [9.17, 15) is 18.0 Å². The van der Waals surface area contributed by atoms with Gasteiger partial charge in [-0.05, 0) is 52.8 Å². The number of carbonyl (C=O) groups is 2. The molecular formula is C32H39Cl2N3O4S. The zero-order chi connectivity index (χ0) is 31.1. The van der Waals surface area contributed by atoms with Crippen molar-refractivity contribution in [2.45, 2.75) is 58.5 Å². The molecule has 0 aliphatic carbocycles. The Morgan fingerprint density at radius 3 is 2.10 bits per heavy atom. The molecule has 0 aromatic heterocycles. The number of hydrogen-bond acceptors (Lipinski definition) is 4. The Bertz CT molecular complexity index is 1470. The summed E-state index contributed by atoms with van der Waals surface area (Å²) in [6, 6.07) is 20.6. The normalized spacial score (nSPS) is 12.5. The molecule has 1 N–H and O–H groups in total. The Labute approximate surface area is 259 Å². The minimum atomic E-state index is -3.85. The van der Waals surface area contributed by atoms with Gasteiger partial charge in [0, 0.05) is 19.5 Å². The second-order valence-electron chi connectivity index (χ2n) is 11.3. The lowest BCUT2D eigenvalue weighted by atomic mass is 9.87. The first-order chi connectivity index (χ1) is 19.7. The van der Waals surface area contributed by atoms with Crippen LogP contribution >= 0.6 is 23.2 Å². The quantitative estimate of drug-likeness (QED) is 0.257. The summed E-state index contributed by atoms with van der Waals surface area (Å²) in [5.74, 6) is -0.853. The first-order valence-electron chi connectivity index (χ1n) is 13.8. The van der Waals surface area contributed by atoms with E-state index in [0.717, 1.165) is 28.1 Å². The van der Waals surface area contributed by atoms with Crippen molar-refractivity contribution in [3.63, 3.8) is 0 Å². The molecular weight excluding hydrogens is 593 g/mol. The third-order valence-electron chi connectivity index (χ3n) is 6.86. The average Bonchev–Trinajstić information content (AvgIpc) is 2.93. The molecule has 10 heteroatoms. The van der Waals surface area contributed by atoms with Crippen LogP contribution in [0.5, 0.6) is 0 Å². The van der Waals surface area contributed by atoms with Crippen LogP contribution in [0.25, 0.3) is 0 Å². The van der Waals surface area contributed by atoms with Gasteiger partial charge in [0.1, 0.15) is 12.6 Å². The van der Waals surface area contributed by atoms with Gasteiger partial charge in [0.2, 0.25) is 21.8 Å². The number of rotatable bonds is 12. The highest BCUT2D eigenvalue weighted by molar-refractivity contribution is 7.92. The van der Waals surface area contributed by atoms with Gasteiger partial charge in [0.05, 0.1) is 22.0 Å². The highest BCUT2D eigenvalue weighted by atomic mass is 35.5. The molecule has 0 saturated carbocycles. The molecule has 7 nitrogen and oxygen atoms in total. The molecule has 0 fully saturated rings. The summed E-state index contributed by atoms with van der Waals surface area (Å²) in [5.41, 5.74) is 2.78. The Kier molecular flexibility index (Phi) is 11.5. The van der Waals surface area contributed by atoms with Crippen molar-refractivity contribution in [3.8, 4) is 0 Å². The molecule has 3 aromatic rings. The van der Waals surface area contributed by atoms with E-state index in [0.29, 0.717) is 27.8 Å². The summed E-state index contributed by atoms with van der Waals surface area (Å²) < 4.78 is 27.1. The van der Waals surface area contributed by atoms with Crippen molar-refractivity contribution in [1.82, 2.24) is 10.2 Å². The number of anilines is 1. The Hall–Kier alpha value is -3.07. The maximum atomic E-state index is 14.1. The highest BCUT2D eigenvalue weighted by Crippen LogP contribution is 2.27. The van der Waals surface area contributed by atoms with Gasteiger partial charge in [-0.2, -0.15) is 0 Å². The van der Waals surface area contributed by atoms with Crippen molar-refractivity contribution in [2.75, 3.05) is 23.7 Å². The van der Waals surface area contributed by atoms with Gasteiger partial charge in [-0.3, -0.25) is 13.9 Å². The summed E-state index contributed by atoms with van der Waals surface area (Å²) in [5, 5.41) is 3.59. The van der Waals surface area contributed by atoms with Crippen LogP contribution < -0.4 is 9.62 Å². The molecule has 0 bridgehead atoms. The fraction of sp³-hybridized carbons (Fsp3) is 0.375. The van der Waals surface area contributed by atoms with Crippen LogP contribution in [-0.2, 0) is 38.0 Å². The van der Waals surface area contributed by atoms with Gasteiger partial charge in [0.15, 0.2) is 0 Å². The Morgan fingerprint density at radius 2 is 1.55 bits per heavy atom. The number of amides is 2. The lowest BCUT2D eigenvalue weighted by Gasteiger charge is -2.33. The number of benzene rings is 3. The van der Waals surface area contributed by atoms with Gasteiger partial charge in [0.25, 0.3) is 0 Å². The summed E-state index contributed by atoms with van der Waals surface area (Å²) in [6.45, 7) is 8.12. The number of nitrogens with one attached hydrogen (secondary N) is 1. The molecule has 1 atom stereocenters. The Balaban J connectivity index is 2.05. The van der Waals surface area contributed by atoms with Gasteiger partial charge in [-0.1, -0.05) is 99.4 Å². The summed E-state index contributed by atoms with van der Waals surface area (Å²) in [7, 11) is -3.85. The molecule has 0 aliphatic rings. The molecule has 42 heavy (non-hydrogen) atoms. The fourth-order valence-electron chi connectivity index (χ4n) is 4.50. The predicted octanol–water partition coefficient (Wildman–Crippen LogP) is 6.22. The van der Waals surface area contributed by atoms with E-state index in [2.05, 4.69) is 26.1 Å². The van der Waals surface area contributed by atoms with E-state index in [1.807, 2.05) is 49.4 Å². The minimum Gasteiger partial charge on any atom is -0.354 e. The molecule has 0 heterocycles. The lowest BCUT2D eigenvalue weighted by molar-refractivity contribution is -0.140. The molecule has 0 spiro atoms. The monoisotopic (exact) mass is 631 g/mol. The summed E-state index contributed by atoms with van der Waals surface area (Å²) in [4.78, 5) is 29.1. The smallest absolute Gasteiger partial charge is 0.244 e. The molecule has 0 unspecified atom stereocenters. The number of hydrogen-bond donors (Lipinski definition) is 1. The summed E-state index contributed by atoms with van der Waals surface area (Å²) >= 11 is 12.4. The van der Waals surface area contributed by atoms with E-state index in [-0.39, 0.29) is 24.3 Å². The van der Waals surface area contributed by atoms with E-state index in [1.165, 1.54) is 4.90 Å². The number of sulfonamides is 1. The first kappa shape index (κ1) is 33.4. The number of halogens is 2.